The highest BCUT2D eigenvalue weighted by molar-refractivity contribution is 7.89. The average molecular weight is 353 g/mol. The van der Waals surface area contributed by atoms with Gasteiger partial charge in [0.25, 0.3) is 0 Å². The quantitative estimate of drug-likeness (QED) is 0.757. The van der Waals surface area contributed by atoms with Gasteiger partial charge in [-0.15, -0.1) is 11.3 Å². The molecule has 7 nitrogen and oxygen atoms in total. The first-order valence-corrected chi connectivity index (χ1v) is 9.11. The van der Waals surface area contributed by atoms with Crippen molar-refractivity contribution < 1.29 is 17.4 Å². The van der Waals surface area contributed by atoms with E-state index in [0.717, 1.165) is 15.6 Å². The Labute approximate surface area is 137 Å². The molecule has 0 saturated carbocycles. The third kappa shape index (κ3) is 3.07. The first kappa shape index (κ1) is 15.9. The predicted molar refractivity (Wildman–Crippen MR) is 84.6 cm³/mol. The van der Waals surface area contributed by atoms with Gasteiger partial charge < -0.3 is 8.94 Å². The van der Waals surface area contributed by atoms with E-state index in [0.29, 0.717) is 11.5 Å². The Morgan fingerprint density at radius 3 is 2.65 bits per heavy atom. The molecule has 122 valence electrons. The molecule has 3 rings (SSSR count). The Balaban J connectivity index is 1.81. The van der Waals surface area contributed by atoms with E-state index in [-0.39, 0.29) is 17.2 Å². The molecule has 0 aliphatic carbocycles. The molecular weight excluding hydrogens is 338 g/mol. The van der Waals surface area contributed by atoms with Crippen LogP contribution in [0, 0.1) is 20.8 Å². The lowest BCUT2D eigenvalue weighted by Gasteiger charge is -2.05. The molecule has 0 atom stereocenters. The second-order valence-electron chi connectivity index (χ2n) is 4.98. The SMILES string of the molecule is Cc1nc(-c2ccco2)sc1CNS(=O)(=O)c1c(C)noc1C. The maximum absolute atomic E-state index is 12.4. The number of nitrogens with zero attached hydrogens (tertiary/aromatic N) is 2. The fourth-order valence-electron chi connectivity index (χ4n) is 2.19. The number of rotatable bonds is 5. The summed E-state index contributed by atoms with van der Waals surface area (Å²) < 4.78 is 37.6. The second kappa shape index (κ2) is 5.91. The molecule has 0 aromatic carbocycles. The summed E-state index contributed by atoms with van der Waals surface area (Å²) in [5.74, 6) is 0.935. The smallest absolute Gasteiger partial charge is 0.246 e. The van der Waals surface area contributed by atoms with Crippen LogP contribution in [-0.4, -0.2) is 18.6 Å². The van der Waals surface area contributed by atoms with E-state index in [4.69, 9.17) is 8.94 Å². The van der Waals surface area contributed by atoms with Crippen molar-refractivity contribution in [3.8, 4) is 10.8 Å². The minimum Gasteiger partial charge on any atom is -0.462 e. The number of furan rings is 1. The van der Waals surface area contributed by atoms with Crippen LogP contribution in [0.2, 0.25) is 0 Å². The fourth-order valence-corrected chi connectivity index (χ4v) is 4.57. The lowest BCUT2D eigenvalue weighted by atomic mass is 10.4. The molecule has 0 amide bonds. The van der Waals surface area contributed by atoms with Gasteiger partial charge in [-0.1, -0.05) is 5.16 Å². The van der Waals surface area contributed by atoms with Crippen molar-refractivity contribution in [3.63, 3.8) is 0 Å². The third-order valence-corrected chi connectivity index (χ3v) is 6.10. The van der Waals surface area contributed by atoms with Crippen molar-refractivity contribution >= 4 is 21.4 Å². The van der Waals surface area contributed by atoms with Crippen LogP contribution in [-0.2, 0) is 16.6 Å². The number of nitrogens with one attached hydrogen (secondary N) is 1. The number of aryl methyl sites for hydroxylation is 3. The summed E-state index contributed by atoms with van der Waals surface area (Å²) in [6.45, 7) is 5.15. The number of hydrogen-bond donors (Lipinski definition) is 1. The van der Waals surface area contributed by atoms with E-state index in [1.54, 1.807) is 26.2 Å². The molecule has 0 saturated heterocycles. The minimum absolute atomic E-state index is 0.0888. The summed E-state index contributed by atoms with van der Waals surface area (Å²) in [6.07, 6.45) is 1.58. The van der Waals surface area contributed by atoms with Crippen LogP contribution >= 0.6 is 11.3 Å². The Kier molecular flexibility index (Phi) is 4.09. The van der Waals surface area contributed by atoms with Crippen LogP contribution in [0.3, 0.4) is 0 Å². The molecule has 0 spiro atoms. The first-order chi connectivity index (χ1) is 10.9. The molecular formula is C14H15N3O4S2. The standard InChI is InChI=1S/C14H15N3O4S2/c1-8-12(22-14(16-8)11-5-4-6-20-11)7-15-23(18,19)13-9(2)17-21-10(13)3/h4-6,15H,7H2,1-3H3. The largest absolute Gasteiger partial charge is 0.462 e. The summed E-state index contributed by atoms with van der Waals surface area (Å²) in [7, 11) is -3.69. The number of aromatic nitrogens is 2. The van der Waals surface area contributed by atoms with Crippen LogP contribution in [0.15, 0.2) is 32.2 Å². The maximum atomic E-state index is 12.4. The molecule has 0 unspecified atom stereocenters. The van der Waals surface area contributed by atoms with Gasteiger partial charge >= 0.3 is 0 Å². The lowest BCUT2D eigenvalue weighted by molar-refractivity contribution is 0.390. The van der Waals surface area contributed by atoms with E-state index in [1.807, 2.05) is 13.0 Å². The van der Waals surface area contributed by atoms with Gasteiger partial charge in [-0.25, -0.2) is 18.1 Å². The van der Waals surface area contributed by atoms with Gasteiger partial charge in [0.15, 0.2) is 16.5 Å². The molecule has 1 N–H and O–H groups in total. The van der Waals surface area contributed by atoms with E-state index in [9.17, 15) is 8.42 Å². The van der Waals surface area contributed by atoms with Gasteiger partial charge in [-0.05, 0) is 32.9 Å². The topological polar surface area (TPSA) is 98.2 Å². The highest BCUT2D eigenvalue weighted by atomic mass is 32.2. The van der Waals surface area contributed by atoms with Crippen LogP contribution in [0.4, 0.5) is 0 Å². The van der Waals surface area contributed by atoms with Crippen LogP contribution in [0.5, 0.6) is 0 Å². The van der Waals surface area contributed by atoms with Gasteiger partial charge in [0.2, 0.25) is 10.0 Å². The summed E-state index contributed by atoms with van der Waals surface area (Å²) in [5, 5.41) is 4.40. The molecule has 0 bridgehead atoms. The number of hydrogen-bond acceptors (Lipinski definition) is 7. The van der Waals surface area contributed by atoms with Crippen molar-refractivity contribution in [2.45, 2.75) is 32.2 Å². The fraction of sp³-hybridized carbons (Fsp3) is 0.286. The molecule has 0 aliphatic rings. The van der Waals surface area contributed by atoms with E-state index < -0.39 is 10.0 Å². The van der Waals surface area contributed by atoms with Gasteiger partial charge in [-0.3, -0.25) is 0 Å². The Bertz CT molecular complexity index is 904. The summed E-state index contributed by atoms with van der Waals surface area (Å²) in [4.78, 5) is 5.33. The van der Waals surface area contributed by atoms with Gasteiger partial charge in [0.1, 0.15) is 10.6 Å². The van der Waals surface area contributed by atoms with Gasteiger partial charge in [-0.2, -0.15) is 0 Å². The molecule has 0 aliphatic heterocycles. The van der Waals surface area contributed by atoms with Gasteiger partial charge in [0.05, 0.1) is 12.0 Å². The number of sulfonamides is 1. The lowest BCUT2D eigenvalue weighted by Crippen LogP contribution is -2.24. The van der Waals surface area contributed by atoms with E-state index in [2.05, 4.69) is 14.9 Å². The molecule has 23 heavy (non-hydrogen) atoms. The average Bonchev–Trinajstić information content (AvgIpc) is 3.18. The minimum atomic E-state index is -3.69. The molecule has 0 radical (unpaired) electrons. The number of thiazole rings is 1. The summed E-state index contributed by atoms with van der Waals surface area (Å²) >= 11 is 1.39. The molecule has 3 heterocycles. The van der Waals surface area contributed by atoms with Crippen molar-refractivity contribution in [1.82, 2.24) is 14.9 Å². The molecule has 3 aromatic rings. The molecule has 3 aromatic heterocycles. The van der Waals surface area contributed by atoms with Crippen LogP contribution in [0.25, 0.3) is 10.8 Å². The van der Waals surface area contributed by atoms with Crippen molar-refractivity contribution in [2.75, 3.05) is 0 Å². The normalized spacial score (nSPS) is 12.0. The van der Waals surface area contributed by atoms with Crippen molar-refractivity contribution in [2.24, 2.45) is 0 Å². The zero-order valence-electron chi connectivity index (χ0n) is 12.8. The Hall–Kier alpha value is -1.97. The second-order valence-corrected chi connectivity index (χ2v) is 7.77. The van der Waals surface area contributed by atoms with Crippen molar-refractivity contribution in [1.29, 1.82) is 0 Å². The monoisotopic (exact) mass is 353 g/mol. The Morgan fingerprint density at radius 1 is 1.26 bits per heavy atom. The molecule has 9 heteroatoms. The van der Waals surface area contributed by atoms with Crippen LogP contribution < -0.4 is 4.72 Å². The zero-order chi connectivity index (χ0) is 16.6. The Morgan fingerprint density at radius 2 is 2.04 bits per heavy atom. The highest BCUT2D eigenvalue weighted by Crippen LogP contribution is 2.28. The third-order valence-electron chi connectivity index (χ3n) is 3.28. The summed E-state index contributed by atoms with van der Waals surface area (Å²) in [5.41, 5.74) is 1.11. The maximum Gasteiger partial charge on any atom is 0.246 e. The van der Waals surface area contributed by atoms with Crippen LogP contribution in [0.1, 0.15) is 22.0 Å². The van der Waals surface area contributed by atoms with E-state index >= 15 is 0 Å². The first-order valence-electron chi connectivity index (χ1n) is 6.81. The predicted octanol–water partition coefficient (Wildman–Crippen LogP) is 2.79. The van der Waals surface area contributed by atoms with E-state index in [1.165, 1.54) is 11.3 Å². The highest BCUT2D eigenvalue weighted by Gasteiger charge is 2.24. The molecule has 0 fully saturated rings. The van der Waals surface area contributed by atoms with Gasteiger partial charge in [0, 0.05) is 11.4 Å². The zero-order valence-corrected chi connectivity index (χ0v) is 14.4. The summed E-state index contributed by atoms with van der Waals surface area (Å²) in [6, 6.07) is 3.60. The van der Waals surface area contributed by atoms with Crippen molar-refractivity contribution in [3.05, 3.63) is 40.4 Å².